The molecule has 2 N–H and O–H groups in total. The zero-order chi connectivity index (χ0) is 14.6. The Morgan fingerprint density at radius 1 is 1.47 bits per heavy atom. The van der Waals surface area contributed by atoms with E-state index in [9.17, 15) is 19.2 Å². The second-order valence-electron chi connectivity index (χ2n) is 4.31. The van der Waals surface area contributed by atoms with E-state index in [1.807, 2.05) is 6.92 Å². The third-order valence-corrected chi connectivity index (χ3v) is 2.98. The van der Waals surface area contributed by atoms with Gasteiger partial charge in [-0.3, -0.25) is 19.3 Å². The van der Waals surface area contributed by atoms with Gasteiger partial charge in [-0.15, -0.1) is 0 Å². The van der Waals surface area contributed by atoms with Gasteiger partial charge in [-0.1, -0.05) is 6.92 Å². The molecule has 1 fully saturated rings. The first-order valence-electron chi connectivity index (χ1n) is 5.96. The molecule has 4 amide bonds. The van der Waals surface area contributed by atoms with E-state index >= 15 is 0 Å². The summed E-state index contributed by atoms with van der Waals surface area (Å²) in [5.74, 6) is -2.18. The van der Waals surface area contributed by atoms with Gasteiger partial charge in [0.05, 0.1) is 6.54 Å². The molecule has 1 atom stereocenters. The predicted octanol–water partition coefficient (Wildman–Crippen LogP) is -0.750. The van der Waals surface area contributed by atoms with E-state index < -0.39 is 36.9 Å². The molecular weight excluding hydrogens is 254 g/mol. The number of hydrogen-bond acceptors (Lipinski definition) is 4. The molecule has 8 heteroatoms. The van der Waals surface area contributed by atoms with Crippen molar-refractivity contribution < 1.29 is 24.3 Å². The van der Waals surface area contributed by atoms with E-state index in [-0.39, 0.29) is 12.6 Å². The molecule has 1 heterocycles. The number of nitrogens with zero attached hydrogens (tertiary/aromatic N) is 2. The van der Waals surface area contributed by atoms with E-state index in [0.717, 1.165) is 9.80 Å². The van der Waals surface area contributed by atoms with Crippen LogP contribution in [0.1, 0.15) is 20.3 Å². The average Bonchev–Trinajstić information content (AvgIpc) is 2.66. The number of carboxylic acids is 1. The number of carbonyl (C=O) groups is 4. The lowest BCUT2D eigenvalue weighted by atomic mass is 10.2. The fourth-order valence-electron chi connectivity index (χ4n) is 1.70. The summed E-state index contributed by atoms with van der Waals surface area (Å²) in [4.78, 5) is 47.4. The lowest BCUT2D eigenvalue weighted by Gasteiger charge is -2.28. The van der Waals surface area contributed by atoms with E-state index in [1.54, 1.807) is 6.92 Å². The highest BCUT2D eigenvalue weighted by molar-refractivity contribution is 6.04. The van der Waals surface area contributed by atoms with Crippen molar-refractivity contribution in [1.29, 1.82) is 0 Å². The van der Waals surface area contributed by atoms with Gasteiger partial charge in [-0.25, -0.2) is 4.79 Å². The van der Waals surface area contributed by atoms with Crippen LogP contribution in [0.3, 0.4) is 0 Å². The fourth-order valence-corrected chi connectivity index (χ4v) is 1.70. The van der Waals surface area contributed by atoms with Gasteiger partial charge in [-0.2, -0.15) is 0 Å². The number of carboxylic acid groups (broad SMARTS) is 1. The van der Waals surface area contributed by atoms with Crippen LogP contribution >= 0.6 is 0 Å². The Kier molecular flexibility index (Phi) is 4.85. The minimum atomic E-state index is -1.13. The number of nitrogens with one attached hydrogen (secondary N) is 1. The summed E-state index contributed by atoms with van der Waals surface area (Å²) < 4.78 is 0. The van der Waals surface area contributed by atoms with Crippen LogP contribution in [0.25, 0.3) is 0 Å². The van der Waals surface area contributed by atoms with E-state index in [2.05, 4.69) is 5.32 Å². The molecule has 0 bridgehead atoms. The van der Waals surface area contributed by atoms with Crippen molar-refractivity contribution in [1.82, 2.24) is 15.1 Å². The maximum absolute atomic E-state index is 12.0. The SMILES string of the molecule is CC[C@@H](C)N(CC(=O)O)C(=O)CN1C(=O)CNC1=O. The predicted molar refractivity (Wildman–Crippen MR) is 64.2 cm³/mol. The molecule has 1 saturated heterocycles. The summed E-state index contributed by atoms with van der Waals surface area (Å²) in [5, 5.41) is 11.1. The van der Waals surface area contributed by atoms with Crippen molar-refractivity contribution in [2.75, 3.05) is 19.6 Å². The average molecular weight is 271 g/mol. The smallest absolute Gasteiger partial charge is 0.325 e. The summed E-state index contributed by atoms with van der Waals surface area (Å²) in [7, 11) is 0. The monoisotopic (exact) mass is 271 g/mol. The molecule has 0 saturated carbocycles. The number of imide groups is 1. The van der Waals surface area contributed by atoms with Crippen molar-refractivity contribution in [2.45, 2.75) is 26.3 Å². The van der Waals surface area contributed by atoms with Gasteiger partial charge in [0.25, 0.3) is 5.91 Å². The number of hydrogen-bond donors (Lipinski definition) is 2. The Bertz CT molecular complexity index is 393. The first-order chi connectivity index (χ1) is 8.86. The summed E-state index contributed by atoms with van der Waals surface area (Å²) in [6.07, 6.45) is 0.583. The summed E-state index contributed by atoms with van der Waals surface area (Å²) >= 11 is 0. The lowest BCUT2D eigenvalue weighted by molar-refractivity contribution is -0.147. The van der Waals surface area contributed by atoms with Crippen molar-refractivity contribution >= 4 is 23.8 Å². The summed E-state index contributed by atoms with van der Waals surface area (Å²) in [6, 6.07) is -0.901. The Morgan fingerprint density at radius 2 is 2.11 bits per heavy atom. The standard InChI is InChI=1S/C11H17N3O5/c1-3-7(2)13(6-10(17)18)9(16)5-14-8(15)4-12-11(14)19/h7H,3-6H2,1-2H3,(H,12,19)(H,17,18)/t7-/m1/s1. The molecule has 0 aliphatic carbocycles. The van der Waals surface area contributed by atoms with Crippen LogP contribution in [0.5, 0.6) is 0 Å². The van der Waals surface area contributed by atoms with Gasteiger partial charge in [0.2, 0.25) is 5.91 Å². The topological polar surface area (TPSA) is 107 Å². The zero-order valence-corrected chi connectivity index (χ0v) is 10.9. The van der Waals surface area contributed by atoms with Crippen LogP contribution in [-0.2, 0) is 14.4 Å². The molecule has 0 aromatic heterocycles. The van der Waals surface area contributed by atoms with Gasteiger partial charge < -0.3 is 15.3 Å². The van der Waals surface area contributed by atoms with E-state index in [4.69, 9.17) is 5.11 Å². The van der Waals surface area contributed by atoms with Crippen LogP contribution in [0.2, 0.25) is 0 Å². The second-order valence-corrected chi connectivity index (χ2v) is 4.31. The Morgan fingerprint density at radius 3 is 2.53 bits per heavy atom. The van der Waals surface area contributed by atoms with E-state index in [0.29, 0.717) is 6.42 Å². The third-order valence-electron chi connectivity index (χ3n) is 2.98. The fraction of sp³-hybridized carbons (Fsp3) is 0.636. The molecule has 0 unspecified atom stereocenters. The molecule has 19 heavy (non-hydrogen) atoms. The van der Waals surface area contributed by atoms with Gasteiger partial charge in [0.15, 0.2) is 0 Å². The lowest BCUT2D eigenvalue weighted by Crippen LogP contribution is -2.48. The van der Waals surface area contributed by atoms with Crippen molar-refractivity contribution in [3.05, 3.63) is 0 Å². The molecule has 1 rings (SSSR count). The molecule has 106 valence electrons. The number of urea groups is 1. The van der Waals surface area contributed by atoms with Crippen LogP contribution in [0.4, 0.5) is 4.79 Å². The van der Waals surface area contributed by atoms with Crippen molar-refractivity contribution in [3.8, 4) is 0 Å². The highest BCUT2D eigenvalue weighted by atomic mass is 16.4. The number of amides is 4. The molecule has 1 aliphatic rings. The molecule has 0 spiro atoms. The summed E-state index contributed by atoms with van der Waals surface area (Å²) in [6.45, 7) is 2.53. The second kappa shape index (κ2) is 6.17. The molecule has 0 aromatic carbocycles. The first kappa shape index (κ1) is 14.9. The maximum atomic E-state index is 12.0. The highest BCUT2D eigenvalue weighted by Crippen LogP contribution is 2.07. The van der Waals surface area contributed by atoms with Gasteiger partial charge in [0.1, 0.15) is 13.1 Å². The number of carbonyl (C=O) groups excluding carboxylic acids is 3. The summed E-state index contributed by atoms with van der Waals surface area (Å²) in [5.41, 5.74) is 0. The normalized spacial score (nSPS) is 16.2. The Labute approximate surface area is 110 Å². The Hall–Kier alpha value is -2.12. The van der Waals surface area contributed by atoms with Crippen LogP contribution in [-0.4, -0.2) is 64.4 Å². The van der Waals surface area contributed by atoms with Crippen molar-refractivity contribution in [3.63, 3.8) is 0 Å². The molecule has 0 aromatic rings. The van der Waals surface area contributed by atoms with Crippen LogP contribution < -0.4 is 5.32 Å². The Balaban J connectivity index is 2.73. The van der Waals surface area contributed by atoms with Gasteiger partial charge in [0, 0.05) is 6.04 Å². The van der Waals surface area contributed by atoms with Crippen molar-refractivity contribution in [2.24, 2.45) is 0 Å². The minimum Gasteiger partial charge on any atom is -0.480 e. The molecule has 1 aliphatic heterocycles. The van der Waals surface area contributed by atoms with Crippen LogP contribution in [0.15, 0.2) is 0 Å². The molecule has 8 nitrogen and oxygen atoms in total. The largest absolute Gasteiger partial charge is 0.480 e. The third kappa shape index (κ3) is 3.67. The quantitative estimate of drug-likeness (QED) is 0.618. The molecular formula is C11H17N3O5. The van der Waals surface area contributed by atoms with Crippen LogP contribution in [0, 0.1) is 0 Å². The van der Waals surface area contributed by atoms with Gasteiger partial charge in [-0.05, 0) is 13.3 Å². The minimum absolute atomic E-state index is 0.131. The first-order valence-corrected chi connectivity index (χ1v) is 5.96. The number of rotatable bonds is 6. The van der Waals surface area contributed by atoms with Gasteiger partial charge >= 0.3 is 12.0 Å². The maximum Gasteiger partial charge on any atom is 0.325 e. The highest BCUT2D eigenvalue weighted by Gasteiger charge is 2.32. The zero-order valence-electron chi connectivity index (χ0n) is 10.9. The number of aliphatic carboxylic acids is 1. The molecule has 0 radical (unpaired) electrons. The van der Waals surface area contributed by atoms with E-state index in [1.165, 1.54) is 0 Å².